The summed E-state index contributed by atoms with van der Waals surface area (Å²) in [5, 5.41) is 4.32. The average molecular weight is 229 g/mol. The molecule has 15 heavy (non-hydrogen) atoms. The normalized spacial score (nSPS) is 11.8. The summed E-state index contributed by atoms with van der Waals surface area (Å²) in [6.07, 6.45) is 0. The predicted octanol–water partition coefficient (Wildman–Crippen LogP) is 2.30. The van der Waals surface area contributed by atoms with Gasteiger partial charge in [-0.2, -0.15) is 5.10 Å². The van der Waals surface area contributed by atoms with Crippen molar-refractivity contribution in [2.45, 2.75) is 45.5 Å². The first-order valence-corrected chi connectivity index (χ1v) is 5.61. The molecule has 3 nitrogen and oxygen atoms in total. The Balaban J connectivity index is 3.40. The number of halogens is 1. The zero-order chi connectivity index (χ0) is 11.6. The highest BCUT2D eigenvalue weighted by atomic mass is 35.5. The van der Waals surface area contributed by atoms with Crippen LogP contribution in [0.3, 0.4) is 0 Å². The number of aryl methyl sites for hydroxylation is 1. The largest absolute Gasteiger partial charge is 0.271 e. The van der Waals surface area contributed by atoms with Crippen molar-refractivity contribution in [3.8, 4) is 0 Å². The van der Waals surface area contributed by atoms with Crippen molar-refractivity contribution in [2.75, 3.05) is 0 Å². The van der Waals surface area contributed by atoms with Gasteiger partial charge in [0.1, 0.15) is 0 Å². The number of hydrogen-bond donors (Lipinski definition) is 0. The first-order chi connectivity index (χ1) is 6.90. The number of aromatic nitrogens is 2. The lowest BCUT2D eigenvalue weighted by Gasteiger charge is -2.19. The third-order valence-electron chi connectivity index (χ3n) is 2.26. The van der Waals surface area contributed by atoms with E-state index in [4.69, 9.17) is 11.6 Å². The molecule has 0 fully saturated rings. The Labute approximate surface area is 95.1 Å². The van der Waals surface area contributed by atoms with Gasteiger partial charge in [-0.05, 0) is 13.0 Å². The fraction of sp³-hybridized carbons (Fsp3) is 0.636. The fourth-order valence-corrected chi connectivity index (χ4v) is 1.46. The van der Waals surface area contributed by atoms with Gasteiger partial charge in [-0.3, -0.25) is 4.79 Å². The summed E-state index contributed by atoms with van der Waals surface area (Å²) in [4.78, 5) is 11.7. The SMILES string of the molecule is CCn1nc(C(C)(C)C)cc(CCl)c1=O. The highest BCUT2D eigenvalue weighted by molar-refractivity contribution is 6.17. The van der Waals surface area contributed by atoms with E-state index in [0.717, 1.165) is 5.69 Å². The third kappa shape index (κ3) is 2.59. The molecule has 1 aromatic heterocycles. The second kappa shape index (κ2) is 4.35. The molecular formula is C11H17ClN2O. The van der Waals surface area contributed by atoms with Gasteiger partial charge >= 0.3 is 0 Å². The number of rotatable bonds is 2. The summed E-state index contributed by atoms with van der Waals surface area (Å²) in [5.41, 5.74) is 1.38. The van der Waals surface area contributed by atoms with Crippen LogP contribution in [0.4, 0.5) is 0 Å². The van der Waals surface area contributed by atoms with E-state index < -0.39 is 0 Å². The molecule has 1 rings (SSSR count). The van der Waals surface area contributed by atoms with Crippen molar-refractivity contribution in [2.24, 2.45) is 0 Å². The second-order valence-electron chi connectivity index (χ2n) is 4.56. The molecule has 1 aromatic rings. The average Bonchev–Trinajstić information content (AvgIpc) is 2.16. The first-order valence-electron chi connectivity index (χ1n) is 5.07. The maximum absolute atomic E-state index is 11.7. The van der Waals surface area contributed by atoms with Crippen LogP contribution >= 0.6 is 11.6 Å². The first kappa shape index (κ1) is 12.2. The molecule has 0 saturated heterocycles. The van der Waals surface area contributed by atoms with E-state index in [1.54, 1.807) is 0 Å². The minimum atomic E-state index is -0.0829. The van der Waals surface area contributed by atoms with Gasteiger partial charge in [0.2, 0.25) is 0 Å². The van der Waals surface area contributed by atoms with Crippen molar-refractivity contribution >= 4 is 11.6 Å². The van der Waals surface area contributed by atoms with Crippen LogP contribution in [0.25, 0.3) is 0 Å². The van der Waals surface area contributed by atoms with Gasteiger partial charge in [0.25, 0.3) is 5.56 Å². The lowest BCUT2D eigenvalue weighted by molar-refractivity contribution is 0.508. The quantitative estimate of drug-likeness (QED) is 0.728. The zero-order valence-electron chi connectivity index (χ0n) is 9.67. The predicted molar refractivity (Wildman–Crippen MR) is 62.4 cm³/mol. The summed E-state index contributed by atoms with van der Waals surface area (Å²) in [7, 11) is 0. The van der Waals surface area contributed by atoms with E-state index in [9.17, 15) is 4.79 Å². The minimum Gasteiger partial charge on any atom is -0.267 e. The van der Waals surface area contributed by atoms with Gasteiger partial charge < -0.3 is 0 Å². The molecule has 0 aliphatic rings. The third-order valence-corrected chi connectivity index (χ3v) is 2.55. The summed E-state index contributed by atoms with van der Waals surface area (Å²) < 4.78 is 1.47. The molecule has 0 radical (unpaired) electrons. The van der Waals surface area contributed by atoms with Gasteiger partial charge in [-0.25, -0.2) is 4.68 Å². The van der Waals surface area contributed by atoms with Crippen LogP contribution < -0.4 is 5.56 Å². The zero-order valence-corrected chi connectivity index (χ0v) is 10.4. The van der Waals surface area contributed by atoms with Gasteiger partial charge in [-0.15, -0.1) is 11.6 Å². The van der Waals surface area contributed by atoms with Crippen molar-refractivity contribution in [3.63, 3.8) is 0 Å². The molecule has 0 N–H and O–H groups in total. The summed E-state index contributed by atoms with van der Waals surface area (Å²) in [6, 6.07) is 1.81. The van der Waals surface area contributed by atoms with E-state index in [2.05, 4.69) is 25.9 Å². The number of hydrogen-bond acceptors (Lipinski definition) is 2. The van der Waals surface area contributed by atoms with Crippen molar-refractivity contribution < 1.29 is 0 Å². The van der Waals surface area contributed by atoms with Crippen LogP contribution in [-0.2, 0) is 17.8 Å². The maximum Gasteiger partial charge on any atom is 0.271 e. The van der Waals surface area contributed by atoms with Gasteiger partial charge in [0.15, 0.2) is 0 Å². The molecule has 0 unspecified atom stereocenters. The van der Waals surface area contributed by atoms with E-state index in [0.29, 0.717) is 12.1 Å². The Kier molecular flexibility index (Phi) is 3.55. The van der Waals surface area contributed by atoms with E-state index >= 15 is 0 Å². The molecule has 0 aliphatic carbocycles. The highest BCUT2D eigenvalue weighted by Gasteiger charge is 2.18. The van der Waals surface area contributed by atoms with E-state index in [1.165, 1.54) is 4.68 Å². The molecule has 0 aliphatic heterocycles. The lowest BCUT2D eigenvalue weighted by Crippen LogP contribution is -2.29. The molecule has 0 amide bonds. The van der Waals surface area contributed by atoms with Crippen molar-refractivity contribution in [1.29, 1.82) is 0 Å². The van der Waals surface area contributed by atoms with Crippen LogP contribution in [0.15, 0.2) is 10.9 Å². The van der Waals surface area contributed by atoms with Crippen LogP contribution in [0.2, 0.25) is 0 Å². The van der Waals surface area contributed by atoms with Gasteiger partial charge in [0, 0.05) is 17.5 Å². The van der Waals surface area contributed by atoms with Crippen LogP contribution in [0.1, 0.15) is 39.0 Å². The summed E-state index contributed by atoms with van der Waals surface area (Å²) in [5.74, 6) is 0.241. The van der Waals surface area contributed by atoms with Crippen LogP contribution in [-0.4, -0.2) is 9.78 Å². The van der Waals surface area contributed by atoms with E-state index in [1.807, 2.05) is 13.0 Å². The monoisotopic (exact) mass is 228 g/mol. The summed E-state index contributed by atoms with van der Waals surface area (Å²) >= 11 is 5.74. The molecular weight excluding hydrogens is 212 g/mol. The molecule has 0 atom stereocenters. The van der Waals surface area contributed by atoms with Crippen LogP contribution in [0.5, 0.6) is 0 Å². The Morgan fingerprint density at radius 1 is 1.47 bits per heavy atom. The number of nitrogens with zero attached hydrogens (tertiary/aromatic N) is 2. The highest BCUT2D eigenvalue weighted by Crippen LogP contribution is 2.19. The standard InChI is InChI=1S/C11H17ClN2O/c1-5-14-10(15)8(7-12)6-9(13-14)11(2,3)4/h6H,5,7H2,1-4H3. The van der Waals surface area contributed by atoms with Gasteiger partial charge in [-0.1, -0.05) is 20.8 Å². The lowest BCUT2D eigenvalue weighted by atomic mass is 9.91. The number of alkyl halides is 1. The molecule has 0 saturated carbocycles. The summed E-state index contributed by atoms with van der Waals surface area (Å²) in [6.45, 7) is 8.68. The Morgan fingerprint density at radius 2 is 2.07 bits per heavy atom. The van der Waals surface area contributed by atoms with Crippen molar-refractivity contribution in [1.82, 2.24) is 9.78 Å². The maximum atomic E-state index is 11.7. The van der Waals surface area contributed by atoms with Gasteiger partial charge in [0.05, 0.1) is 11.6 Å². The Bertz CT molecular complexity index is 376. The molecule has 0 bridgehead atoms. The Morgan fingerprint density at radius 3 is 2.47 bits per heavy atom. The topological polar surface area (TPSA) is 34.9 Å². The molecule has 0 spiro atoms. The molecule has 84 valence electrons. The second-order valence-corrected chi connectivity index (χ2v) is 4.83. The molecule has 1 heterocycles. The van der Waals surface area contributed by atoms with Crippen LogP contribution in [0, 0.1) is 0 Å². The smallest absolute Gasteiger partial charge is 0.267 e. The Hall–Kier alpha value is -0.830. The molecule has 0 aromatic carbocycles. The van der Waals surface area contributed by atoms with Crippen molar-refractivity contribution in [3.05, 3.63) is 27.7 Å². The van der Waals surface area contributed by atoms with E-state index in [-0.39, 0.29) is 16.9 Å². The fourth-order valence-electron chi connectivity index (χ4n) is 1.27. The minimum absolute atomic E-state index is 0.0641. The molecule has 4 heteroatoms.